The zero-order valence-electron chi connectivity index (χ0n) is 16.8. The zero-order chi connectivity index (χ0) is 24.2. The minimum absolute atomic E-state index is 0.119. The number of carbonyl (C=O) groups is 1. The minimum atomic E-state index is -1.86. The average molecular weight is 466 g/mol. The highest BCUT2D eigenvalue weighted by atomic mass is 16.5. The van der Waals surface area contributed by atoms with Gasteiger partial charge in [0.2, 0.25) is 5.78 Å². The van der Waals surface area contributed by atoms with Crippen molar-refractivity contribution in [3.63, 3.8) is 0 Å². The van der Waals surface area contributed by atoms with Crippen molar-refractivity contribution in [2.45, 2.75) is 42.7 Å². The lowest BCUT2D eigenvalue weighted by molar-refractivity contribution is -0.232. The molecule has 12 heteroatoms. The topological polar surface area (TPSA) is 218 Å². The summed E-state index contributed by atoms with van der Waals surface area (Å²) in [6.45, 7) is -0.754. The first-order chi connectivity index (χ1) is 15.6. The van der Waals surface area contributed by atoms with Gasteiger partial charge in [0.25, 0.3) is 0 Å². The molecule has 0 spiro atoms. The molecule has 4 rings (SSSR count). The Labute approximate surface area is 185 Å². The van der Waals surface area contributed by atoms with E-state index in [-0.39, 0.29) is 11.3 Å². The van der Waals surface area contributed by atoms with Crippen LogP contribution in [0.3, 0.4) is 0 Å². The van der Waals surface area contributed by atoms with Gasteiger partial charge in [-0.15, -0.1) is 0 Å². The molecule has 0 aliphatic carbocycles. The number of aliphatic hydroxyl groups excluding tert-OH is 5. The highest BCUT2D eigenvalue weighted by Gasteiger charge is 2.48. The molecule has 1 fully saturated rings. The monoisotopic (exact) mass is 466 g/mol. The first kappa shape index (κ1) is 23.0. The van der Waals surface area contributed by atoms with Crippen LogP contribution in [0.1, 0.15) is 33.7 Å². The van der Waals surface area contributed by atoms with Crippen LogP contribution in [0, 0.1) is 0 Å². The SMILES string of the molecule is O=C1c2c(cc(O)c([C@@H]3O[C@H](CO)[C@@H](O)[C@H](O)[C@H]3O)c2O)O[C@H](c2ccc(O)c(O)c2)[C@H]1O. The maximum Gasteiger partial charge on any atom is 0.202 e. The molecule has 2 aromatic carbocycles. The van der Waals surface area contributed by atoms with E-state index in [1.54, 1.807) is 0 Å². The van der Waals surface area contributed by atoms with Crippen LogP contribution in [0.4, 0.5) is 0 Å². The van der Waals surface area contributed by atoms with Gasteiger partial charge in [-0.2, -0.15) is 0 Å². The summed E-state index contributed by atoms with van der Waals surface area (Å²) >= 11 is 0. The van der Waals surface area contributed by atoms with E-state index in [9.17, 15) is 50.8 Å². The quantitative estimate of drug-likeness (QED) is 0.241. The molecule has 0 aromatic heterocycles. The van der Waals surface area contributed by atoms with Crippen LogP contribution in [-0.4, -0.2) is 88.9 Å². The first-order valence-electron chi connectivity index (χ1n) is 9.87. The lowest BCUT2D eigenvalue weighted by Gasteiger charge is -2.41. The molecule has 0 bridgehead atoms. The van der Waals surface area contributed by atoms with Crippen LogP contribution < -0.4 is 4.74 Å². The van der Waals surface area contributed by atoms with E-state index in [0.29, 0.717) is 0 Å². The predicted molar refractivity (Wildman–Crippen MR) is 106 cm³/mol. The maximum absolute atomic E-state index is 12.9. The second-order valence-electron chi connectivity index (χ2n) is 7.88. The number of phenolic OH excluding ortho intramolecular Hbond substituents is 4. The highest BCUT2D eigenvalue weighted by Crippen LogP contribution is 2.49. The van der Waals surface area contributed by atoms with Crippen molar-refractivity contribution < 1.29 is 60.2 Å². The number of rotatable bonds is 3. The summed E-state index contributed by atoms with van der Waals surface area (Å²) < 4.78 is 10.9. The molecule has 0 amide bonds. The van der Waals surface area contributed by atoms with E-state index in [1.807, 2.05) is 0 Å². The van der Waals surface area contributed by atoms with Crippen LogP contribution >= 0.6 is 0 Å². The molecule has 12 nitrogen and oxygen atoms in total. The van der Waals surface area contributed by atoms with Crippen molar-refractivity contribution >= 4 is 5.78 Å². The smallest absolute Gasteiger partial charge is 0.202 e. The molecular formula is C21H22O12. The number of hydrogen-bond donors (Lipinski definition) is 9. The lowest BCUT2D eigenvalue weighted by Crippen LogP contribution is -2.55. The van der Waals surface area contributed by atoms with Gasteiger partial charge in [-0.25, -0.2) is 0 Å². The van der Waals surface area contributed by atoms with E-state index in [0.717, 1.165) is 18.2 Å². The molecule has 2 aromatic rings. The van der Waals surface area contributed by atoms with Crippen molar-refractivity contribution in [3.05, 3.63) is 41.0 Å². The number of phenols is 4. The van der Waals surface area contributed by atoms with Crippen molar-refractivity contribution in [2.75, 3.05) is 6.61 Å². The molecule has 7 atom stereocenters. The number of carbonyl (C=O) groups excluding carboxylic acids is 1. The number of benzene rings is 2. The van der Waals surface area contributed by atoms with E-state index < -0.39 is 89.2 Å². The minimum Gasteiger partial charge on any atom is -0.507 e. The third-order valence-electron chi connectivity index (χ3n) is 5.84. The average Bonchev–Trinajstić information content (AvgIpc) is 2.77. The van der Waals surface area contributed by atoms with E-state index in [2.05, 4.69) is 0 Å². The highest BCUT2D eigenvalue weighted by molar-refractivity contribution is 6.06. The Bertz CT molecular complexity index is 1080. The van der Waals surface area contributed by atoms with Crippen LogP contribution in [0.5, 0.6) is 28.7 Å². The third kappa shape index (κ3) is 3.62. The van der Waals surface area contributed by atoms with Crippen LogP contribution in [-0.2, 0) is 4.74 Å². The number of ketones is 1. The molecule has 9 N–H and O–H groups in total. The predicted octanol–water partition coefficient (Wildman–Crippen LogP) is -1.30. The molecule has 2 heterocycles. The first-order valence-corrected chi connectivity index (χ1v) is 9.87. The van der Waals surface area contributed by atoms with Gasteiger partial charge in [-0.1, -0.05) is 6.07 Å². The summed E-state index contributed by atoms with van der Waals surface area (Å²) in [5.74, 6) is -3.90. The van der Waals surface area contributed by atoms with Crippen LogP contribution in [0.2, 0.25) is 0 Å². The molecule has 33 heavy (non-hydrogen) atoms. The van der Waals surface area contributed by atoms with Gasteiger partial charge in [-0.3, -0.25) is 4.79 Å². The molecule has 0 saturated carbocycles. The summed E-state index contributed by atoms with van der Waals surface area (Å²) in [4.78, 5) is 12.9. The van der Waals surface area contributed by atoms with Gasteiger partial charge >= 0.3 is 0 Å². The Balaban J connectivity index is 1.77. The Hall–Kier alpha value is -3.13. The van der Waals surface area contributed by atoms with Crippen LogP contribution in [0.25, 0.3) is 0 Å². The zero-order valence-corrected chi connectivity index (χ0v) is 16.8. The van der Waals surface area contributed by atoms with Gasteiger partial charge in [0.15, 0.2) is 23.7 Å². The molecule has 1 saturated heterocycles. The van der Waals surface area contributed by atoms with E-state index in [4.69, 9.17) is 9.47 Å². The standard InChI is InChI=1S/C21H22O12/c22-5-11-14(26)17(29)19(31)21(33-11)12-9(25)4-10-13(15(12)27)16(28)18(30)20(32-10)6-1-2-7(23)8(24)3-6/h1-4,11,14,17-27,29-31H,5H2/t11-,14-,17+,18+,19-,20-,21+/m1/s1. The fourth-order valence-electron chi connectivity index (χ4n) is 4.05. The summed E-state index contributed by atoms with van der Waals surface area (Å²) in [6, 6.07) is 4.42. The largest absolute Gasteiger partial charge is 0.507 e. The van der Waals surface area contributed by atoms with Crippen molar-refractivity contribution in [1.82, 2.24) is 0 Å². The Morgan fingerprint density at radius 1 is 0.818 bits per heavy atom. The van der Waals surface area contributed by atoms with Crippen molar-refractivity contribution in [3.8, 4) is 28.7 Å². The van der Waals surface area contributed by atoms with Gasteiger partial charge in [0.1, 0.15) is 53.3 Å². The summed E-state index contributed by atoms with van der Waals surface area (Å²) in [7, 11) is 0. The summed E-state index contributed by atoms with van der Waals surface area (Å²) in [5.41, 5.74) is -0.934. The van der Waals surface area contributed by atoms with Gasteiger partial charge in [-0.05, 0) is 17.7 Å². The summed E-state index contributed by atoms with van der Waals surface area (Å²) in [6.07, 6.45) is -11.5. The Morgan fingerprint density at radius 3 is 2.15 bits per heavy atom. The maximum atomic E-state index is 12.9. The van der Waals surface area contributed by atoms with Crippen LogP contribution in [0.15, 0.2) is 24.3 Å². The fraction of sp³-hybridized carbons (Fsp3) is 0.381. The second kappa shape index (κ2) is 8.33. The number of Topliss-reactive ketones (excluding diaryl/α,β-unsaturated/α-hetero) is 1. The Kier molecular flexibility index (Phi) is 5.82. The molecule has 2 aliphatic heterocycles. The third-order valence-corrected chi connectivity index (χ3v) is 5.84. The normalized spacial score (nSPS) is 31.7. The van der Waals surface area contributed by atoms with Gasteiger partial charge in [0.05, 0.1) is 12.2 Å². The van der Waals surface area contributed by atoms with Crippen molar-refractivity contribution in [2.24, 2.45) is 0 Å². The van der Waals surface area contributed by atoms with E-state index in [1.165, 1.54) is 6.07 Å². The molecule has 0 radical (unpaired) electrons. The number of fused-ring (bicyclic) bond motifs is 1. The molecule has 0 unspecified atom stereocenters. The van der Waals surface area contributed by atoms with Gasteiger partial charge < -0.3 is 55.4 Å². The molecular weight excluding hydrogens is 444 g/mol. The fourth-order valence-corrected chi connectivity index (χ4v) is 4.05. The molecule has 178 valence electrons. The number of aromatic hydroxyl groups is 4. The lowest BCUT2D eigenvalue weighted by atomic mass is 9.86. The van der Waals surface area contributed by atoms with Crippen molar-refractivity contribution in [1.29, 1.82) is 0 Å². The summed E-state index contributed by atoms with van der Waals surface area (Å²) in [5, 5.41) is 90.7. The Morgan fingerprint density at radius 2 is 1.52 bits per heavy atom. The second-order valence-corrected chi connectivity index (χ2v) is 7.88. The van der Waals surface area contributed by atoms with Gasteiger partial charge in [0, 0.05) is 6.07 Å². The number of aliphatic hydroxyl groups is 5. The van der Waals surface area contributed by atoms with E-state index >= 15 is 0 Å². The molecule has 2 aliphatic rings. The number of hydrogen-bond acceptors (Lipinski definition) is 12. The number of ether oxygens (including phenoxy) is 2.